The van der Waals surface area contributed by atoms with E-state index in [1.54, 1.807) is 0 Å². The van der Waals surface area contributed by atoms with Gasteiger partial charge in [-0.05, 0) is 18.6 Å². The van der Waals surface area contributed by atoms with Crippen LogP contribution in [-0.2, 0) is 4.74 Å². The minimum Gasteiger partial charge on any atom is -0.507 e. The van der Waals surface area contributed by atoms with Gasteiger partial charge in [0.1, 0.15) is 11.6 Å². The lowest BCUT2D eigenvalue weighted by molar-refractivity contribution is -0.0161. The van der Waals surface area contributed by atoms with Gasteiger partial charge in [-0.3, -0.25) is 4.79 Å². The van der Waals surface area contributed by atoms with E-state index < -0.39 is 11.7 Å². The van der Waals surface area contributed by atoms with Gasteiger partial charge in [0.05, 0.1) is 17.7 Å². The Balaban J connectivity index is 1.71. The van der Waals surface area contributed by atoms with Crippen LogP contribution < -0.4 is 11.1 Å². The molecular weight excluding hydrogens is 251 g/mol. The predicted molar refractivity (Wildman–Crippen MR) is 65.1 cm³/mol. The van der Waals surface area contributed by atoms with Crippen LogP contribution in [0.1, 0.15) is 16.8 Å². The average molecular weight is 266 g/mol. The molecule has 3 rings (SSSR count). The summed E-state index contributed by atoms with van der Waals surface area (Å²) in [5.41, 5.74) is 6.02. The summed E-state index contributed by atoms with van der Waals surface area (Å²) in [5, 5.41) is 12.3. The third-order valence-corrected chi connectivity index (χ3v) is 3.95. The zero-order chi connectivity index (χ0) is 13.6. The van der Waals surface area contributed by atoms with Gasteiger partial charge in [0.2, 0.25) is 0 Å². The molecule has 1 saturated carbocycles. The smallest absolute Gasteiger partial charge is 0.255 e. The highest BCUT2D eigenvalue weighted by molar-refractivity contribution is 5.97. The third-order valence-electron chi connectivity index (χ3n) is 3.95. The van der Waals surface area contributed by atoms with Crippen molar-refractivity contribution in [1.82, 2.24) is 5.32 Å². The number of halogens is 1. The number of carbonyl (C=O) groups is 1. The van der Waals surface area contributed by atoms with Crippen molar-refractivity contribution < 1.29 is 19.0 Å². The first-order valence-corrected chi connectivity index (χ1v) is 6.24. The van der Waals surface area contributed by atoms with E-state index in [1.165, 1.54) is 6.07 Å². The molecule has 1 amide bonds. The van der Waals surface area contributed by atoms with Gasteiger partial charge in [-0.1, -0.05) is 0 Å². The zero-order valence-electron chi connectivity index (χ0n) is 10.2. The molecular formula is C13H15FN2O3. The molecule has 2 fully saturated rings. The Morgan fingerprint density at radius 2 is 2.32 bits per heavy atom. The summed E-state index contributed by atoms with van der Waals surface area (Å²) in [6.07, 6.45) is 0.876. The van der Waals surface area contributed by atoms with Crippen molar-refractivity contribution in [2.45, 2.75) is 24.6 Å². The molecule has 4 atom stereocenters. The van der Waals surface area contributed by atoms with Crippen molar-refractivity contribution in [3.63, 3.8) is 0 Å². The number of rotatable bonds is 2. The van der Waals surface area contributed by atoms with Gasteiger partial charge in [0.15, 0.2) is 0 Å². The number of phenols is 1. The molecule has 0 radical (unpaired) electrons. The monoisotopic (exact) mass is 266 g/mol. The Hall–Kier alpha value is -1.66. The van der Waals surface area contributed by atoms with E-state index in [-0.39, 0.29) is 29.5 Å². The Labute approximate surface area is 109 Å². The molecule has 6 heteroatoms. The van der Waals surface area contributed by atoms with E-state index in [2.05, 4.69) is 5.32 Å². The summed E-state index contributed by atoms with van der Waals surface area (Å²) in [4.78, 5) is 12.0. The van der Waals surface area contributed by atoms with E-state index >= 15 is 0 Å². The van der Waals surface area contributed by atoms with Crippen molar-refractivity contribution in [1.29, 1.82) is 0 Å². The first-order chi connectivity index (χ1) is 9.08. The lowest BCUT2D eigenvalue weighted by atomic mass is 9.72. The number of nitrogens with two attached hydrogens (primary N) is 1. The third kappa shape index (κ3) is 1.97. The summed E-state index contributed by atoms with van der Waals surface area (Å²) in [5.74, 6) is -1.14. The van der Waals surface area contributed by atoms with Crippen LogP contribution in [0.4, 0.5) is 4.39 Å². The summed E-state index contributed by atoms with van der Waals surface area (Å²) in [7, 11) is 0. The Bertz CT molecular complexity index is 523. The SMILES string of the molecule is NC1C2CCOC2C1NC(=O)c1ccc(F)cc1O. The highest BCUT2D eigenvalue weighted by atomic mass is 19.1. The van der Waals surface area contributed by atoms with E-state index in [0.29, 0.717) is 12.5 Å². The molecule has 5 nitrogen and oxygen atoms in total. The predicted octanol–water partition coefficient (Wildman–Crippen LogP) is 0.376. The normalized spacial score (nSPS) is 32.5. The van der Waals surface area contributed by atoms with Crippen molar-refractivity contribution in [3.05, 3.63) is 29.6 Å². The average Bonchev–Trinajstić information content (AvgIpc) is 2.80. The van der Waals surface area contributed by atoms with Crippen LogP contribution in [0.3, 0.4) is 0 Å². The summed E-state index contributed by atoms with van der Waals surface area (Å²) in [6.45, 7) is 0.664. The number of phenolic OH excluding ortho intramolecular Hbond substituents is 1. The molecule has 1 aromatic rings. The number of hydrogen-bond donors (Lipinski definition) is 3. The van der Waals surface area contributed by atoms with Gasteiger partial charge in [0, 0.05) is 24.6 Å². The Kier molecular flexibility index (Phi) is 2.91. The molecule has 0 spiro atoms. The molecule has 1 aliphatic heterocycles. The first-order valence-electron chi connectivity index (χ1n) is 6.24. The molecule has 4 unspecified atom stereocenters. The summed E-state index contributed by atoms with van der Waals surface area (Å²) >= 11 is 0. The van der Waals surface area contributed by atoms with Crippen molar-refractivity contribution in [3.8, 4) is 5.75 Å². The summed E-state index contributed by atoms with van der Waals surface area (Å²) < 4.78 is 18.4. The highest BCUT2D eigenvalue weighted by Crippen LogP contribution is 2.38. The van der Waals surface area contributed by atoms with Gasteiger partial charge in [-0.25, -0.2) is 4.39 Å². The van der Waals surface area contributed by atoms with Crippen molar-refractivity contribution in [2.24, 2.45) is 11.7 Å². The second-order valence-corrected chi connectivity index (χ2v) is 5.03. The molecule has 4 N–H and O–H groups in total. The number of ether oxygens (including phenoxy) is 1. The molecule has 102 valence electrons. The Morgan fingerprint density at radius 1 is 1.53 bits per heavy atom. The number of nitrogens with one attached hydrogen (secondary N) is 1. The largest absolute Gasteiger partial charge is 0.507 e. The lowest BCUT2D eigenvalue weighted by Crippen LogP contribution is -2.68. The molecule has 2 aliphatic rings. The van der Waals surface area contributed by atoms with Crippen LogP contribution in [0.15, 0.2) is 18.2 Å². The molecule has 1 aliphatic carbocycles. The van der Waals surface area contributed by atoms with Gasteiger partial charge >= 0.3 is 0 Å². The molecule has 19 heavy (non-hydrogen) atoms. The number of aromatic hydroxyl groups is 1. The molecule has 1 heterocycles. The Morgan fingerprint density at radius 3 is 3.05 bits per heavy atom. The van der Waals surface area contributed by atoms with Crippen LogP contribution in [0.5, 0.6) is 5.75 Å². The lowest BCUT2D eigenvalue weighted by Gasteiger charge is -2.45. The van der Waals surface area contributed by atoms with Gasteiger partial charge in [-0.2, -0.15) is 0 Å². The number of hydrogen-bond acceptors (Lipinski definition) is 4. The number of amides is 1. The topological polar surface area (TPSA) is 84.6 Å². The fourth-order valence-electron chi connectivity index (χ4n) is 2.85. The van der Waals surface area contributed by atoms with Gasteiger partial charge < -0.3 is 20.9 Å². The number of fused-ring (bicyclic) bond motifs is 1. The van der Waals surface area contributed by atoms with Crippen LogP contribution in [0, 0.1) is 11.7 Å². The molecule has 1 saturated heterocycles. The zero-order valence-corrected chi connectivity index (χ0v) is 10.2. The van der Waals surface area contributed by atoms with Crippen LogP contribution in [0.2, 0.25) is 0 Å². The fraction of sp³-hybridized carbons (Fsp3) is 0.462. The van der Waals surface area contributed by atoms with E-state index in [1.807, 2.05) is 0 Å². The maximum atomic E-state index is 12.9. The highest BCUT2D eigenvalue weighted by Gasteiger charge is 2.52. The number of carbonyl (C=O) groups excluding carboxylic acids is 1. The maximum absolute atomic E-state index is 12.9. The summed E-state index contributed by atoms with van der Waals surface area (Å²) in [6, 6.07) is 2.91. The van der Waals surface area contributed by atoms with Crippen LogP contribution >= 0.6 is 0 Å². The minimum absolute atomic E-state index is 0.0371. The fourth-order valence-corrected chi connectivity index (χ4v) is 2.85. The van der Waals surface area contributed by atoms with Gasteiger partial charge in [-0.15, -0.1) is 0 Å². The minimum atomic E-state index is -0.589. The second-order valence-electron chi connectivity index (χ2n) is 5.03. The molecule has 0 bridgehead atoms. The van der Waals surface area contributed by atoms with E-state index in [4.69, 9.17) is 10.5 Å². The van der Waals surface area contributed by atoms with Crippen molar-refractivity contribution in [2.75, 3.05) is 6.61 Å². The van der Waals surface area contributed by atoms with E-state index in [0.717, 1.165) is 18.6 Å². The maximum Gasteiger partial charge on any atom is 0.255 e. The van der Waals surface area contributed by atoms with Gasteiger partial charge in [0.25, 0.3) is 5.91 Å². The molecule has 0 aromatic heterocycles. The van der Waals surface area contributed by atoms with Crippen LogP contribution in [0.25, 0.3) is 0 Å². The van der Waals surface area contributed by atoms with Crippen molar-refractivity contribution >= 4 is 5.91 Å². The second kappa shape index (κ2) is 4.47. The van der Waals surface area contributed by atoms with E-state index in [9.17, 15) is 14.3 Å². The molecule has 1 aromatic carbocycles. The number of benzene rings is 1. The quantitative estimate of drug-likeness (QED) is 0.722. The first kappa shape index (κ1) is 12.4. The standard InChI is InChI=1S/C13H15FN2O3/c14-6-1-2-7(9(17)5-6)13(18)16-11-10(15)8-3-4-19-12(8)11/h1-2,5,8,10-12,17H,3-4,15H2,(H,16,18). The van der Waals surface area contributed by atoms with Crippen LogP contribution in [-0.4, -0.2) is 35.8 Å².